The van der Waals surface area contributed by atoms with Crippen LogP contribution in [0.2, 0.25) is 0 Å². The summed E-state index contributed by atoms with van der Waals surface area (Å²) in [5.41, 5.74) is 1.20. The number of hydrogen-bond donors (Lipinski definition) is 1. The van der Waals surface area contributed by atoms with E-state index in [0.717, 1.165) is 19.3 Å². The molecule has 1 aliphatic rings. The fourth-order valence-corrected chi connectivity index (χ4v) is 3.05. The van der Waals surface area contributed by atoms with Crippen molar-refractivity contribution < 1.29 is 9.90 Å². The fourth-order valence-electron chi connectivity index (χ4n) is 3.05. The van der Waals surface area contributed by atoms with Crippen LogP contribution in [0.3, 0.4) is 0 Å². The van der Waals surface area contributed by atoms with Gasteiger partial charge in [-0.1, -0.05) is 43.7 Å². The Balaban J connectivity index is 2.31. The van der Waals surface area contributed by atoms with Gasteiger partial charge in [0.1, 0.15) is 5.78 Å². The van der Waals surface area contributed by atoms with Gasteiger partial charge in [-0.3, -0.25) is 4.79 Å². The molecule has 18 heavy (non-hydrogen) atoms. The van der Waals surface area contributed by atoms with Crippen LogP contribution in [0.15, 0.2) is 30.3 Å². The van der Waals surface area contributed by atoms with E-state index in [1.165, 1.54) is 5.56 Å². The second-order valence-corrected chi connectivity index (χ2v) is 5.23. The quantitative estimate of drug-likeness (QED) is 0.831. The van der Waals surface area contributed by atoms with Crippen LogP contribution in [0.25, 0.3) is 0 Å². The summed E-state index contributed by atoms with van der Waals surface area (Å²) in [7, 11) is 0. The van der Waals surface area contributed by atoms with E-state index in [1.807, 2.05) is 25.1 Å². The van der Waals surface area contributed by atoms with Crippen LogP contribution >= 0.6 is 0 Å². The Morgan fingerprint density at radius 3 is 2.67 bits per heavy atom. The zero-order valence-electron chi connectivity index (χ0n) is 11.0. The van der Waals surface area contributed by atoms with Crippen LogP contribution in [0.4, 0.5) is 0 Å². The van der Waals surface area contributed by atoms with E-state index in [4.69, 9.17) is 0 Å². The molecule has 0 amide bonds. The van der Waals surface area contributed by atoms with E-state index in [-0.39, 0.29) is 17.6 Å². The molecule has 2 rings (SSSR count). The predicted octanol–water partition coefficient (Wildman–Crippen LogP) is 3.30. The third-order valence-corrected chi connectivity index (χ3v) is 4.05. The smallest absolute Gasteiger partial charge is 0.139 e. The Bertz CT molecular complexity index is 385. The summed E-state index contributed by atoms with van der Waals surface area (Å²) in [6.45, 7) is 1.95. The van der Waals surface area contributed by atoms with Gasteiger partial charge < -0.3 is 5.11 Å². The molecule has 0 aliphatic heterocycles. The summed E-state index contributed by atoms with van der Waals surface area (Å²) < 4.78 is 0. The lowest BCUT2D eigenvalue weighted by Gasteiger charge is -2.28. The Labute approximate surface area is 109 Å². The maximum Gasteiger partial charge on any atom is 0.139 e. The van der Waals surface area contributed by atoms with E-state index in [1.54, 1.807) is 0 Å². The first-order valence-corrected chi connectivity index (χ1v) is 6.99. The summed E-state index contributed by atoms with van der Waals surface area (Å²) in [4.78, 5) is 12.2. The van der Waals surface area contributed by atoms with E-state index >= 15 is 0 Å². The minimum Gasteiger partial charge on any atom is -0.392 e. The van der Waals surface area contributed by atoms with Gasteiger partial charge in [-0.2, -0.15) is 0 Å². The van der Waals surface area contributed by atoms with Crippen molar-refractivity contribution >= 4 is 5.78 Å². The molecule has 1 N–H and O–H groups in total. The van der Waals surface area contributed by atoms with Crippen LogP contribution in [0, 0.1) is 5.92 Å². The minimum absolute atomic E-state index is 0.191. The molecule has 0 aromatic heterocycles. The molecule has 2 heteroatoms. The molecule has 3 atom stereocenters. The van der Waals surface area contributed by atoms with E-state index in [9.17, 15) is 9.90 Å². The summed E-state index contributed by atoms with van der Waals surface area (Å²) in [6.07, 6.45) is 3.84. The van der Waals surface area contributed by atoms with Crippen LogP contribution in [-0.2, 0) is 4.79 Å². The van der Waals surface area contributed by atoms with Crippen LogP contribution in [-0.4, -0.2) is 17.0 Å². The molecular formula is C16H22O2. The van der Waals surface area contributed by atoms with Gasteiger partial charge in [-0.25, -0.2) is 0 Å². The van der Waals surface area contributed by atoms with Crippen LogP contribution < -0.4 is 0 Å². The largest absolute Gasteiger partial charge is 0.392 e. The summed E-state index contributed by atoms with van der Waals surface area (Å²) in [5, 5.41) is 10.2. The molecule has 0 saturated heterocycles. The normalized spacial score (nSPS) is 26.7. The molecule has 0 bridgehead atoms. The first-order valence-electron chi connectivity index (χ1n) is 6.99. The van der Waals surface area contributed by atoms with Crippen molar-refractivity contribution in [3.05, 3.63) is 35.9 Å². The van der Waals surface area contributed by atoms with E-state index in [2.05, 4.69) is 12.1 Å². The van der Waals surface area contributed by atoms with Crippen molar-refractivity contribution in [3.63, 3.8) is 0 Å². The average Bonchev–Trinajstić information content (AvgIpc) is 2.61. The number of rotatable bonds is 3. The topological polar surface area (TPSA) is 37.3 Å². The number of ketones is 1. The second kappa shape index (κ2) is 6.14. The molecule has 1 aliphatic carbocycles. The van der Waals surface area contributed by atoms with Gasteiger partial charge in [-0.05, 0) is 30.7 Å². The highest BCUT2D eigenvalue weighted by Crippen LogP contribution is 2.37. The van der Waals surface area contributed by atoms with Gasteiger partial charge >= 0.3 is 0 Å². The standard InChI is InChI=1S/C16H22O2/c1-2-14(17)16-13(10-6-7-11-15(16)18)12-8-4-3-5-9-12/h3-5,8-9,13-14,16-17H,2,6-7,10-11H2,1H3/t13-,14-,16+/m1/s1. The Hall–Kier alpha value is -1.15. The molecule has 1 aromatic carbocycles. The van der Waals surface area contributed by atoms with Crippen molar-refractivity contribution in [1.29, 1.82) is 0 Å². The van der Waals surface area contributed by atoms with Crippen molar-refractivity contribution in [1.82, 2.24) is 0 Å². The Kier molecular flexibility index (Phi) is 4.54. The lowest BCUT2D eigenvalue weighted by Crippen LogP contribution is -2.32. The maximum atomic E-state index is 12.2. The lowest BCUT2D eigenvalue weighted by atomic mass is 9.78. The number of aliphatic hydroxyl groups excluding tert-OH is 1. The summed E-state index contributed by atoms with van der Waals surface area (Å²) >= 11 is 0. The Morgan fingerprint density at radius 1 is 1.28 bits per heavy atom. The molecule has 1 aromatic rings. The molecule has 0 radical (unpaired) electrons. The van der Waals surface area contributed by atoms with Crippen molar-refractivity contribution in [2.24, 2.45) is 5.92 Å². The number of Topliss-reactive ketones (excluding diaryl/α,β-unsaturated/α-hetero) is 1. The fraction of sp³-hybridized carbons (Fsp3) is 0.562. The van der Waals surface area contributed by atoms with E-state index in [0.29, 0.717) is 12.8 Å². The highest BCUT2D eigenvalue weighted by atomic mass is 16.3. The summed E-state index contributed by atoms with van der Waals surface area (Å²) in [6, 6.07) is 10.2. The predicted molar refractivity (Wildman–Crippen MR) is 72.4 cm³/mol. The van der Waals surface area contributed by atoms with Crippen molar-refractivity contribution in [3.8, 4) is 0 Å². The number of benzene rings is 1. The first kappa shape index (κ1) is 13.3. The van der Waals surface area contributed by atoms with Crippen LogP contribution in [0.5, 0.6) is 0 Å². The average molecular weight is 246 g/mol. The molecule has 1 saturated carbocycles. The monoisotopic (exact) mass is 246 g/mol. The van der Waals surface area contributed by atoms with Gasteiger partial charge in [0, 0.05) is 6.42 Å². The lowest BCUT2D eigenvalue weighted by molar-refractivity contribution is -0.127. The molecule has 2 nitrogen and oxygen atoms in total. The van der Waals surface area contributed by atoms with Gasteiger partial charge in [0.15, 0.2) is 0 Å². The third-order valence-electron chi connectivity index (χ3n) is 4.05. The zero-order chi connectivity index (χ0) is 13.0. The zero-order valence-corrected chi connectivity index (χ0v) is 11.0. The van der Waals surface area contributed by atoms with Gasteiger partial charge in [0.05, 0.1) is 12.0 Å². The minimum atomic E-state index is -0.499. The highest BCUT2D eigenvalue weighted by Gasteiger charge is 2.35. The molecular weight excluding hydrogens is 224 g/mol. The summed E-state index contributed by atoms with van der Waals surface area (Å²) in [5.74, 6) is 0.228. The highest BCUT2D eigenvalue weighted by molar-refractivity contribution is 5.82. The number of carbonyl (C=O) groups excluding carboxylic acids is 1. The number of carbonyl (C=O) groups is 1. The van der Waals surface area contributed by atoms with Gasteiger partial charge in [-0.15, -0.1) is 0 Å². The van der Waals surface area contributed by atoms with Gasteiger partial charge in [0.25, 0.3) is 0 Å². The molecule has 98 valence electrons. The third kappa shape index (κ3) is 2.81. The van der Waals surface area contributed by atoms with Gasteiger partial charge in [0.2, 0.25) is 0 Å². The number of aliphatic hydroxyl groups is 1. The Morgan fingerprint density at radius 2 is 2.00 bits per heavy atom. The number of hydrogen-bond acceptors (Lipinski definition) is 2. The molecule has 0 unspecified atom stereocenters. The molecule has 1 fully saturated rings. The first-order chi connectivity index (χ1) is 8.74. The van der Waals surface area contributed by atoms with E-state index < -0.39 is 6.10 Å². The maximum absolute atomic E-state index is 12.2. The second-order valence-electron chi connectivity index (χ2n) is 5.23. The molecule has 0 heterocycles. The van der Waals surface area contributed by atoms with Crippen molar-refractivity contribution in [2.75, 3.05) is 0 Å². The van der Waals surface area contributed by atoms with Crippen LogP contribution in [0.1, 0.15) is 50.5 Å². The SMILES string of the molecule is CC[C@@H](O)[C@H]1C(=O)CCCC[C@@H]1c1ccccc1. The molecule has 0 spiro atoms. The van der Waals surface area contributed by atoms with Crippen molar-refractivity contribution in [2.45, 2.75) is 51.0 Å².